The monoisotopic (exact) mass is 338 g/mol. The van der Waals surface area contributed by atoms with E-state index in [1.807, 2.05) is 0 Å². The molecule has 1 N–H and O–H groups in total. The molecule has 0 fully saturated rings. The van der Waals surface area contributed by atoms with Crippen molar-refractivity contribution < 1.29 is 9.66 Å². The van der Waals surface area contributed by atoms with Crippen LogP contribution in [0.3, 0.4) is 0 Å². The van der Waals surface area contributed by atoms with Crippen molar-refractivity contribution in [3.8, 4) is 5.75 Å². The summed E-state index contributed by atoms with van der Waals surface area (Å²) in [6.45, 7) is 0.645. The van der Waals surface area contributed by atoms with Crippen LogP contribution >= 0.6 is 35.3 Å². The zero-order valence-corrected chi connectivity index (χ0v) is 13.1. The summed E-state index contributed by atoms with van der Waals surface area (Å²) in [7, 11) is 0. The van der Waals surface area contributed by atoms with Gasteiger partial charge in [0.15, 0.2) is 3.95 Å². The number of thiazole rings is 1. The zero-order chi connectivity index (χ0) is 14.6. The molecule has 2 aliphatic rings. The lowest BCUT2D eigenvalue weighted by Crippen LogP contribution is -2.30. The van der Waals surface area contributed by atoms with Crippen molar-refractivity contribution in [2.24, 2.45) is 5.92 Å². The van der Waals surface area contributed by atoms with Gasteiger partial charge in [-0.3, -0.25) is 10.1 Å². The quantitative estimate of drug-likeness (QED) is 0.484. The standard InChI is InChI=1S/C13H10N2O3S3/c16-15(17)7-1-2-9-8(3-7)10-6(4-18-9)5-20-12-11(10)21-13(19)14-12/h1-3,6,10H,4-5H2,(H,14,19)/t6-,10-/m0/s1. The van der Waals surface area contributed by atoms with Crippen LogP contribution in [0, 0.1) is 20.0 Å². The van der Waals surface area contributed by atoms with Crippen molar-refractivity contribution in [3.63, 3.8) is 0 Å². The predicted octanol–water partition coefficient (Wildman–Crippen LogP) is 3.96. The molecule has 21 heavy (non-hydrogen) atoms. The van der Waals surface area contributed by atoms with Crippen molar-refractivity contribution in [3.05, 3.63) is 42.7 Å². The molecule has 108 valence electrons. The van der Waals surface area contributed by atoms with Gasteiger partial charge in [-0.25, -0.2) is 0 Å². The first kappa shape index (κ1) is 13.3. The molecule has 3 heterocycles. The lowest BCUT2D eigenvalue weighted by atomic mass is 9.83. The number of non-ortho nitro benzene ring substituents is 1. The molecule has 0 amide bonds. The lowest BCUT2D eigenvalue weighted by molar-refractivity contribution is -0.385. The second kappa shape index (κ2) is 4.82. The highest BCUT2D eigenvalue weighted by Gasteiger charge is 2.39. The topological polar surface area (TPSA) is 68.2 Å². The number of fused-ring (bicyclic) bond motifs is 5. The zero-order valence-electron chi connectivity index (χ0n) is 10.7. The van der Waals surface area contributed by atoms with Crippen LogP contribution in [0.2, 0.25) is 0 Å². The minimum atomic E-state index is -0.360. The van der Waals surface area contributed by atoms with Crippen molar-refractivity contribution in [2.45, 2.75) is 10.9 Å². The van der Waals surface area contributed by atoms with E-state index in [0.29, 0.717) is 12.5 Å². The lowest BCUT2D eigenvalue weighted by Gasteiger charge is -2.35. The Morgan fingerprint density at radius 3 is 3.14 bits per heavy atom. The second-order valence-corrected chi connectivity index (χ2v) is 7.80. The molecule has 4 rings (SSSR count). The number of ether oxygens (including phenoxy) is 1. The Balaban J connectivity index is 1.91. The van der Waals surface area contributed by atoms with Crippen LogP contribution in [0.15, 0.2) is 23.2 Å². The van der Waals surface area contributed by atoms with Gasteiger partial charge in [0.25, 0.3) is 5.69 Å². The highest BCUT2D eigenvalue weighted by Crippen LogP contribution is 2.51. The third kappa shape index (κ3) is 2.09. The number of hydrogen-bond donors (Lipinski definition) is 1. The highest BCUT2D eigenvalue weighted by atomic mass is 32.2. The van der Waals surface area contributed by atoms with E-state index in [2.05, 4.69) is 4.98 Å². The van der Waals surface area contributed by atoms with Crippen LogP contribution in [0.1, 0.15) is 16.4 Å². The molecule has 0 radical (unpaired) electrons. The smallest absolute Gasteiger partial charge is 0.269 e. The Labute approximate surface area is 133 Å². The molecule has 1 aromatic heterocycles. The van der Waals surface area contributed by atoms with E-state index in [1.165, 1.54) is 10.9 Å². The van der Waals surface area contributed by atoms with Crippen molar-refractivity contribution in [2.75, 3.05) is 12.4 Å². The molecule has 0 aliphatic carbocycles. The number of aromatic nitrogens is 1. The summed E-state index contributed by atoms with van der Waals surface area (Å²) in [4.78, 5) is 15.1. The second-order valence-electron chi connectivity index (χ2n) is 5.05. The van der Waals surface area contributed by atoms with E-state index >= 15 is 0 Å². The first-order valence-corrected chi connectivity index (χ1v) is 8.61. The molecule has 2 aromatic rings. The summed E-state index contributed by atoms with van der Waals surface area (Å²) in [5, 5.41) is 12.1. The van der Waals surface area contributed by atoms with Gasteiger partial charge in [0.1, 0.15) is 5.75 Å². The summed E-state index contributed by atoms with van der Waals surface area (Å²) in [5.41, 5.74) is 1.02. The van der Waals surface area contributed by atoms with Gasteiger partial charge in [0.05, 0.1) is 16.6 Å². The van der Waals surface area contributed by atoms with Gasteiger partial charge in [0, 0.05) is 40.2 Å². The van der Waals surface area contributed by atoms with Crippen LogP contribution in [0.5, 0.6) is 5.75 Å². The first-order chi connectivity index (χ1) is 10.1. The van der Waals surface area contributed by atoms with Crippen molar-refractivity contribution >= 4 is 41.0 Å². The van der Waals surface area contributed by atoms with E-state index in [4.69, 9.17) is 17.0 Å². The normalized spacial score (nSPS) is 22.7. The fourth-order valence-corrected chi connectivity index (χ4v) is 5.76. The SMILES string of the molecule is O=[N+]([O-])c1ccc2c(c1)[C@H]1c3sc(=S)[nH]c3SC[C@@H]1CO2. The molecular weight excluding hydrogens is 328 g/mol. The molecule has 8 heteroatoms. The van der Waals surface area contributed by atoms with Gasteiger partial charge in [-0.05, 0) is 18.3 Å². The number of nitro benzene ring substituents is 1. The van der Waals surface area contributed by atoms with E-state index in [0.717, 1.165) is 26.0 Å². The first-order valence-electron chi connectivity index (χ1n) is 6.40. The van der Waals surface area contributed by atoms with E-state index in [1.54, 1.807) is 35.2 Å². The summed E-state index contributed by atoms with van der Waals surface area (Å²) in [6, 6.07) is 4.85. The van der Waals surface area contributed by atoms with Crippen LogP contribution in [0.25, 0.3) is 0 Å². The predicted molar refractivity (Wildman–Crippen MR) is 84.2 cm³/mol. The Morgan fingerprint density at radius 2 is 2.33 bits per heavy atom. The number of thioether (sulfide) groups is 1. The molecule has 0 spiro atoms. The number of aromatic amines is 1. The average Bonchev–Trinajstić information content (AvgIpc) is 2.86. The van der Waals surface area contributed by atoms with E-state index in [-0.39, 0.29) is 16.5 Å². The van der Waals surface area contributed by atoms with E-state index < -0.39 is 0 Å². The van der Waals surface area contributed by atoms with Gasteiger partial charge < -0.3 is 9.72 Å². The number of nitrogens with zero attached hydrogens (tertiary/aromatic N) is 1. The molecule has 1 aromatic carbocycles. The molecule has 0 saturated carbocycles. The van der Waals surface area contributed by atoms with Crippen LogP contribution in [-0.4, -0.2) is 22.3 Å². The van der Waals surface area contributed by atoms with Crippen molar-refractivity contribution in [1.29, 1.82) is 0 Å². The van der Waals surface area contributed by atoms with Crippen LogP contribution < -0.4 is 4.74 Å². The fourth-order valence-electron chi connectivity index (χ4n) is 2.90. The molecular formula is C13H10N2O3S3. The third-order valence-electron chi connectivity index (χ3n) is 3.83. The molecule has 2 atom stereocenters. The Kier molecular flexibility index (Phi) is 3.05. The third-order valence-corrected chi connectivity index (χ3v) is 6.48. The maximum absolute atomic E-state index is 11.0. The van der Waals surface area contributed by atoms with Gasteiger partial charge >= 0.3 is 0 Å². The Morgan fingerprint density at radius 1 is 1.48 bits per heavy atom. The number of H-pyrrole nitrogens is 1. The van der Waals surface area contributed by atoms with Crippen molar-refractivity contribution in [1.82, 2.24) is 4.98 Å². The highest BCUT2D eigenvalue weighted by molar-refractivity contribution is 7.99. The Hall–Kier alpha value is -1.38. The van der Waals surface area contributed by atoms with Gasteiger partial charge in [-0.15, -0.1) is 23.1 Å². The summed E-state index contributed by atoms with van der Waals surface area (Å²) in [6.07, 6.45) is 0. The van der Waals surface area contributed by atoms with Gasteiger partial charge in [-0.2, -0.15) is 0 Å². The van der Waals surface area contributed by atoms with Gasteiger partial charge in [0.2, 0.25) is 0 Å². The molecule has 0 bridgehead atoms. The minimum Gasteiger partial charge on any atom is -0.493 e. The Bertz CT molecular complexity index is 798. The molecule has 0 unspecified atom stereocenters. The molecule has 0 saturated heterocycles. The maximum Gasteiger partial charge on any atom is 0.269 e. The summed E-state index contributed by atoms with van der Waals surface area (Å²) < 4.78 is 6.54. The maximum atomic E-state index is 11.0. The summed E-state index contributed by atoms with van der Waals surface area (Å²) >= 11 is 8.57. The molecule has 2 aliphatic heterocycles. The number of nitro groups is 1. The number of rotatable bonds is 1. The molecule has 5 nitrogen and oxygen atoms in total. The fraction of sp³-hybridized carbons (Fsp3) is 0.308. The minimum absolute atomic E-state index is 0.108. The van der Waals surface area contributed by atoms with Crippen LogP contribution in [0.4, 0.5) is 5.69 Å². The number of nitrogens with one attached hydrogen (secondary N) is 1. The number of benzene rings is 1. The van der Waals surface area contributed by atoms with Crippen LogP contribution in [-0.2, 0) is 0 Å². The largest absolute Gasteiger partial charge is 0.493 e. The number of hydrogen-bond acceptors (Lipinski definition) is 6. The average molecular weight is 338 g/mol. The summed E-state index contributed by atoms with van der Waals surface area (Å²) in [5.74, 6) is 2.15. The van der Waals surface area contributed by atoms with E-state index in [9.17, 15) is 10.1 Å². The van der Waals surface area contributed by atoms with Gasteiger partial charge in [-0.1, -0.05) is 0 Å².